The Balaban J connectivity index is -0.0000000821. The van der Waals surface area contributed by atoms with E-state index in [0.29, 0.717) is 5.92 Å². The van der Waals surface area contributed by atoms with Crippen molar-refractivity contribution in [3.63, 3.8) is 0 Å². The smallest absolute Gasteiger partial charge is 0.129 e. The number of benzene rings is 1. The van der Waals surface area contributed by atoms with Gasteiger partial charge in [-0.25, -0.2) is 0 Å². The van der Waals surface area contributed by atoms with Crippen molar-refractivity contribution >= 4 is 23.7 Å². The van der Waals surface area contributed by atoms with Crippen molar-refractivity contribution in [3.05, 3.63) is 34.9 Å². The van der Waals surface area contributed by atoms with E-state index in [0.717, 1.165) is 30.1 Å². The average Bonchev–Trinajstić information content (AvgIpc) is 2.59. The van der Waals surface area contributed by atoms with Gasteiger partial charge in [-0.2, -0.15) is 0 Å². The minimum Gasteiger partial charge on any atom is -0.304 e. The molecule has 0 N–H and O–H groups in total. The highest BCUT2D eigenvalue weighted by Crippen LogP contribution is 2.16. The molecular weight excluding hydrogens is 356 g/mol. The molecule has 0 spiro atoms. The highest BCUT2D eigenvalue weighted by atomic mass is 35.5. The number of aldehydes is 1. The van der Waals surface area contributed by atoms with Gasteiger partial charge in [0, 0.05) is 11.4 Å². The summed E-state index contributed by atoms with van der Waals surface area (Å²) in [5.41, 5.74) is 1.34. The summed E-state index contributed by atoms with van der Waals surface area (Å²) in [6.07, 6.45) is 2.47. The summed E-state index contributed by atoms with van der Waals surface area (Å²) in [5.74, 6) is 1.72. The number of halogens is 1. The molecule has 0 aliphatic heterocycles. The third-order valence-corrected chi connectivity index (χ3v) is 2.39. The van der Waals surface area contributed by atoms with Crippen LogP contribution >= 0.6 is 11.6 Å². The second kappa shape index (κ2) is 32.5. The molecule has 0 atom stereocenters. The Labute approximate surface area is 176 Å². The molecule has 0 saturated heterocycles. The van der Waals surface area contributed by atoms with Gasteiger partial charge in [-0.3, -0.25) is 0 Å². The summed E-state index contributed by atoms with van der Waals surface area (Å²) in [5, 5.41) is 0.810. The Kier molecular flexibility index (Phi) is 44.2. The SMILES string of the molecule is CC.CC.CC(C)C.CC(C)c1ccc(Cl)cc1.CC=O.CCCC(C)=O. The maximum absolute atomic E-state index is 10.0. The first-order valence-electron chi connectivity index (χ1n) is 10.3. The molecule has 0 unspecified atom stereocenters. The van der Waals surface area contributed by atoms with Gasteiger partial charge in [0.1, 0.15) is 12.1 Å². The van der Waals surface area contributed by atoms with Crippen LogP contribution in [0.2, 0.25) is 5.02 Å². The Hall–Kier alpha value is -1.15. The van der Waals surface area contributed by atoms with Crippen LogP contribution in [0.5, 0.6) is 0 Å². The van der Waals surface area contributed by atoms with E-state index in [1.54, 1.807) is 6.92 Å². The third kappa shape index (κ3) is 51.6. The highest BCUT2D eigenvalue weighted by Gasteiger charge is 1.96. The normalized spacial score (nSPS) is 7.96. The van der Waals surface area contributed by atoms with Crippen LogP contribution in [0.15, 0.2) is 24.3 Å². The fourth-order valence-corrected chi connectivity index (χ4v) is 1.33. The van der Waals surface area contributed by atoms with Crippen LogP contribution in [0, 0.1) is 5.92 Å². The first-order chi connectivity index (χ1) is 12.6. The zero-order valence-corrected chi connectivity index (χ0v) is 20.9. The van der Waals surface area contributed by atoms with Crippen molar-refractivity contribution < 1.29 is 9.59 Å². The summed E-state index contributed by atoms with van der Waals surface area (Å²) in [7, 11) is 0. The summed E-state index contributed by atoms with van der Waals surface area (Å²) in [6, 6.07) is 7.98. The molecule has 0 radical (unpaired) electrons. The fourth-order valence-electron chi connectivity index (χ4n) is 1.20. The molecule has 0 fully saturated rings. The molecule has 3 heteroatoms. The predicted octanol–water partition coefficient (Wildman–Crippen LogP) is 8.76. The molecular formula is C24H47ClO2. The van der Waals surface area contributed by atoms with Crippen molar-refractivity contribution in [2.24, 2.45) is 5.92 Å². The highest BCUT2D eigenvalue weighted by molar-refractivity contribution is 6.30. The molecule has 0 aliphatic carbocycles. The maximum Gasteiger partial charge on any atom is 0.129 e. The number of hydrogen-bond donors (Lipinski definition) is 0. The molecule has 162 valence electrons. The first-order valence-corrected chi connectivity index (χ1v) is 10.6. The lowest BCUT2D eigenvalue weighted by Gasteiger charge is -2.03. The Bertz CT molecular complexity index is 379. The van der Waals surface area contributed by atoms with E-state index in [1.807, 2.05) is 46.8 Å². The largest absolute Gasteiger partial charge is 0.304 e. The molecule has 0 bridgehead atoms. The molecule has 1 rings (SSSR count). The van der Waals surface area contributed by atoms with E-state index in [4.69, 9.17) is 16.4 Å². The summed E-state index contributed by atoms with van der Waals surface area (Å²) >= 11 is 5.72. The lowest BCUT2D eigenvalue weighted by Crippen LogP contribution is -1.84. The van der Waals surface area contributed by atoms with Crippen molar-refractivity contribution in [2.45, 2.75) is 102 Å². The number of rotatable bonds is 3. The minimum atomic E-state index is 0.289. The molecule has 1 aromatic carbocycles. The predicted molar refractivity (Wildman–Crippen MR) is 126 cm³/mol. The van der Waals surface area contributed by atoms with Gasteiger partial charge in [-0.05, 0) is 49.8 Å². The summed E-state index contributed by atoms with van der Waals surface area (Å²) in [6.45, 7) is 23.9. The van der Waals surface area contributed by atoms with Gasteiger partial charge in [0.2, 0.25) is 0 Å². The Morgan fingerprint density at radius 1 is 0.963 bits per heavy atom. The van der Waals surface area contributed by atoms with Gasteiger partial charge in [0.25, 0.3) is 0 Å². The van der Waals surface area contributed by atoms with Crippen molar-refractivity contribution in [1.82, 2.24) is 0 Å². The average molecular weight is 403 g/mol. The van der Waals surface area contributed by atoms with Crippen LogP contribution in [0.25, 0.3) is 0 Å². The number of carbonyl (C=O) groups excluding carboxylic acids is 2. The van der Waals surface area contributed by atoms with Crippen LogP contribution in [-0.2, 0) is 9.59 Å². The lowest BCUT2D eigenvalue weighted by atomic mass is 10.0. The topological polar surface area (TPSA) is 34.1 Å². The van der Waals surface area contributed by atoms with Gasteiger partial charge in [-0.15, -0.1) is 0 Å². The number of carbonyl (C=O) groups is 2. The van der Waals surface area contributed by atoms with Crippen molar-refractivity contribution in [3.8, 4) is 0 Å². The molecule has 2 nitrogen and oxygen atoms in total. The second-order valence-electron chi connectivity index (χ2n) is 6.13. The first kappa shape index (κ1) is 36.7. The minimum absolute atomic E-state index is 0.289. The van der Waals surface area contributed by atoms with Crippen molar-refractivity contribution in [1.29, 1.82) is 0 Å². The Morgan fingerprint density at radius 2 is 1.26 bits per heavy atom. The van der Waals surface area contributed by atoms with Crippen LogP contribution in [0.4, 0.5) is 0 Å². The van der Waals surface area contributed by atoms with Crippen LogP contribution < -0.4 is 0 Å². The summed E-state index contributed by atoms with van der Waals surface area (Å²) < 4.78 is 0. The quantitative estimate of drug-likeness (QED) is 0.473. The van der Waals surface area contributed by atoms with E-state index in [1.165, 1.54) is 12.5 Å². The Morgan fingerprint density at radius 3 is 1.41 bits per heavy atom. The lowest BCUT2D eigenvalue weighted by molar-refractivity contribution is -0.117. The van der Waals surface area contributed by atoms with Crippen molar-refractivity contribution in [2.75, 3.05) is 0 Å². The van der Waals surface area contributed by atoms with E-state index >= 15 is 0 Å². The number of ketones is 1. The standard InChI is InChI=1S/C9H11Cl.C5H10O.C4H10.C2H4O.2C2H6/c1-7(2)8-3-5-9(10)6-4-8;1-3-4-5(2)6;1-4(2)3;1-2-3;2*1-2/h3-7H,1-2H3;3-4H2,1-2H3;4H,1-3H3;2H,1H3;2*1-2H3. The van der Waals surface area contributed by atoms with E-state index in [9.17, 15) is 4.79 Å². The zero-order valence-electron chi connectivity index (χ0n) is 20.2. The number of hydrogen-bond acceptors (Lipinski definition) is 2. The maximum atomic E-state index is 10.0. The van der Waals surface area contributed by atoms with Crippen LogP contribution in [0.1, 0.15) is 107 Å². The molecule has 0 saturated carbocycles. The number of Topliss-reactive ketones (excluding diaryl/α,β-unsaturated/α-hetero) is 1. The summed E-state index contributed by atoms with van der Waals surface area (Å²) in [4.78, 5) is 18.8. The molecule has 0 amide bonds. The van der Waals surface area contributed by atoms with Gasteiger partial charge in [0.15, 0.2) is 0 Å². The van der Waals surface area contributed by atoms with Gasteiger partial charge in [-0.1, -0.05) is 93.0 Å². The van der Waals surface area contributed by atoms with E-state index in [-0.39, 0.29) is 5.78 Å². The monoisotopic (exact) mass is 402 g/mol. The molecule has 0 aliphatic rings. The molecule has 0 aromatic heterocycles. The van der Waals surface area contributed by atoms with Crippen LogP contribution in [0.3, 0.4) is 0 Å². The van der Waals surface area contributed by atoms with E-state index in [2.05, 4.69) is 46.8 Å². The third-order valence-electron chi connectivity index (χ3n) is 2.14. The second-order valence-corrected chi connectivity index (χ2v) is 6.56. The van der Waals surface area contributed by atoms with Gasteiger partial charge in [0.05, 0.1) is 0 Å². The van der Waals surface area contributed by atoms with Gasteiger partial charge < -0.3 is 9.59 Å². The molecule has 27 heavy (non-hydrogen) atoms. The van der Waals surface area contributed by atoms with Crippen LogP contribution in [-0.4, -0.2) is 12.1 Å². The fraction of sp³-hybridized carbons (Fsp3) is 0.667. The molecule has 1 aromatic rings. The van der Waals surface area contributed by atoms with Gasteiger partial charge >= 0.3 is 0 Å². The molecule has 0 heterocycles. The zero-order chi connectivity index (χ0) is 22.8. The van der Waals surface area contributed by atoms with E-state index < -0.39 is 0 Å².